The van der Waals surface area contributed by atoms with Gasteiger partial charge >= 0.3 is 12.4 Å². The van der Waals surface area contributed by atoms with Crippen LogP contribution in [0, 0.1) is 0 Å². The van der Waals surface area contributed by atoms with Gasteiger partial charge in [0.15, 0.2) is 0 Å². The lowest BCUT2D eigenvalue weighted by Gasteiger charge is -2.20. The normalized spacial score (nSPS) is 11.3. The largest absolute Gasteiger partial charge is 0.416 e. The highest BCUT2D eigenvalue weighted by Gasteiger charge is 2.37. The predicted molar refractivity (Wildman–Crippen MR) is 124 cm³/mol. The molecule has 0 aliphatic heterocycles. The van der Waals surface area contributed by atoms with Gasteiger partial charge in [-0.15, -0.1) is 0 Å². The number of nitrogens with zero attached hydrogens (tertiary/aromatic N) is 4. The molecule has 0 spiro atoms. The molecule has 1 aromatic heterocycles. The van der Waals surface area contributed by atoms with E-state index in [4.69, 9.17) is 5.73 Å². The molecule has 2 aromatic carbocycles. The number of benzene rings is 2. The van der Waals surface area contributed by atoms with Crippen LogP contribution in [0.5, 0.6) is 0 Å². The van der Waals surface area contributed by atoms with Gasteiger partial charge in [0.2, 0.25) is 12.4 Å². The number of hydrogen-bond donors (Lipinski definition) is 1. The number of amides is 2. The Morgan fingerprint density at radius 2 is 1.46 bits per heavy atom. The van der Waals surface area contributed by atoms with E-state index in [0.29, 0.717) is 23.3 Å². The van der Waals surface area contributed by atoms with Crippen LogP contribution in [0.2, 0.25) is 0 Å². The number of anilines is 1. The molecule has 0 aliphatic rings. The number of alkyl halides is 6. The summed E-state index contributed by atoms with van der Waals surface area (Å²) < 4.78 is 78.6. The van der Waals surface area contributed by atoms with Crippen LogP contribution in [-0.4, -0.2) is 53.2 Å². The molecule has 198 valence electrons. The summed E-state index contributed by atoms with van der Waals surface area (Å²) >= 11 is 0. The van der Waals surface area contributed by atoms with Gasteiger partial charge in [0.05, 0.1) is 11.1 Å². The van der Waals surface area contributed by atoms with Crippen molar-refractivity contribution in [2.75, 3.05) is 26.9 Å². The van der Waals surface area contributed by atoms with Crippen molar-refractivity contribution >= 4 is 18.3 Å². The summed E-state index contributed by atoms with van der Waals surface area (Å²) in [4.78, 5) is 32.6. The molecule has 3 aromatic rings. The average Bonchev–Trinajstić information content (AvgIpc) is 2.83. The highest BCUT2D eigenvalue weighted by molar-refractivity contribution is 5.98. The van der Waals surface area contributed by atoms with Crippen LogP contribution < -0.4 is 5.73 Å². The second-order valence-electron chi connectivity index (χ2n) is 8.00. The Morgan fingerprint density at radius 1 is 0.946 bits per heavy atom. The highest BCUT2D eigenvalue weighted by Crippen LogP contribution is 2.36. The second-order valence-corrected chi connectivity index (χ2v) is 8.00. The van der Waals surface area contributed by atoms with Crippen LogP contribution in [0.3, 0.4) is 0 Å². The predicted octanol–water partition coefficient (Wildman–Crippen LogP) is 4.74. The first-order valence-corrected chi connectivity index (χ1v) is 10.5. The monoisotopic (exact) mass is 527 g/mol. The molecule has 13 heteroatoms. The molecule has 0 saturated heterocycles. The van der Waals surface area contributed by atoms with Crippen molar-refractivity contribution < 1.29 is 35.9 Å². The smallest absolute Gasteiger partial charge is 0.368 e. The van der Waals surface area contributed by atoms with E-state index in [1.807, 2.05) is 0 Å². The maximum Gasteiger partial charge on any atom is 0.416 e. The van der Waals surface area contributed by atoms with Crippen molar-refractivity contribution in [3.05, 3.63) is 77.1 Å². The van der Waals surface area contributed by atoms with E-state index in [2.05, 4.69) is 9.97 Å². The van der Waals surface area contributed by atoms with Crippen LogP contribution in [0.15, 0.2) is 54.7 Å². The zero-order valence-corrected chi connectivity index (χ0v) is 19.9. The van der Waals surface area contributed by atoms with Gasteiger partial charge < -0.3 is 15.5 Å². The van der Waals surface area contributed by atoms with E-state index in [1.165, 1.54) is 18.1 Å². The molecule has 0 saturated carbocycles. The lowest BCUT2D eigenvalue weighted by atomic mass is 10.0. The molecule has 0 aliphatic carbocycles. The minimum absolute atomic E-state index is 0.0317. The Morgan fingerprint density at radius 3 is 1.92 bits per heavy atom. The first-order valence-electron chi connectivity index (χ1n) is 10.5. The van der Waals surface area contributed by atoms with Crippen LogP contribution in [-0.2, 0) is 23.7 Å². The molecule has 37 heavy (non-hydrogen) atoms. The number of halogens is 6. The second kappa shape index (κ2) is 11.7. The van der Waals surface area contributed by atoms with Gasteiger partial charge in [0, 0.05) is 39.4 Å². The van der Waals surface area contributed by atoms with Crippen LogP contribution in [0.25, 0.3) is 11.1 Å². The van der Waals surface area contributed by atoms with Crippen LogP contribution in [0.1, 0.15) is 27.2 Å². The number of rotatable bonds is 5. The summed E-state index contributed by atoms with van der Waals surface area (Å²) in [6.07, 6.45) is -7.90. The number of carbonyl (C=O) groups excluding carboxylic acids is 2. The topological polar surface area (TPSA) is 92.4 Å². The zero-order valence-electron chi connectivity index (χ0n) is 19.9. The highest BCUT2D eigenvalue weighted by atomic mass is 19.4. The molecule has 7 nitrogen and oxygen atoms in total. The Balaban J connectivity index is 0.000000877. The van der Waals surface area contributed by atoms with Crippen molar-refractivity contribution in [1.82, 2.24) is 19.8 Å². The van der Waals surface area contributed by atoms with Gasteiger partial charge in [0.25, 0.3) is 5.91 Å². The third-order valence-electron chi connectivity index (χ3n) is 4.72. The van der Waals surface area contributed by atoms with Crippen LogP contribution >= 0.6 is 0 Å². The van der Waals surface area contributed by atoms with Gasteiger partial charge in [-0.2, -0.15) is 26.3 Å². The number of aromatic nitrogens is 2. The van der Waals surface area contributed by atoms with Crippen molar-refractivity contribution in [3.63, 3.8) is 0 Å². The molecular weight excluding hydrogens is 504 g/mol. The molecule has 0 fully saturated rings. The summed E-state index contributed by atoms with van der Waals surface area (Å²) in [5, 5.41) is 0. The summed E-state index contributed by atoms with van der Waals surface area (Å²) in [5.41, 5.74) is 3.10. The molecule has 1 heterocycles. The summed E-state index contributed by atoms with van der Waals surface area (Å²) in [6.45, 7) is -0.524. The Hall–Kier alpha value is -4.16. The molecule has 2 N–H and O–H groups in total. The number of nitrogen functional groups attached to an aromatic ring is 1. The van der Waals surface area contributed by atoms with Gasteiger partial charge in [-0.25, -0.2) is 9.97 Å². The zero-order chi connectivity index (χ0) is 28.0. The average molecular weight is 527 g/mol. The van der Waals surface area contributed by atoms with Crippen molar-refractivity contribution in [2.24, 2.45) is 0 Å². The molecule has 3 rings (SSSR count). The minimum Gasteiger partial charge on any atom is -0.368 e. The summed E-state index contributed by atoms with van der Waals surface area (Å²) in [7, 11) is 4.61. The van der Waals surface area contributed by atoms with E-state index < -0.39 is 35.9 Å². The Bertz CT molecular complexity index is 1200. The minimum atomic E-state index is -4.99. The van der Waals surface area contributed by atoms with E-state index in [-0.39, 0.29) is 23.3 Å². The summed E-state index contributed by atoms with van der Waals surface area (Å²) in [6, 6.07) is 9.74. The lowest BCUT2D eigenvalue weighted by Crippen LogP contribution is -2.28. The number of hydrogen-bond acceptors (Lipinski definition) is 5. The summed E-state index contributed by atoms with van der Waals surface area (Å²) in [5.74, 6) is -0.955. The fourth-order valence-electron chi connectivity index (χ4n) is 3.02. The molecular formula is C24H23F6N5O2. The van der Waals surface area contributed by atoms with Crippen LogP contribution in [0.4, 0.5) is 32.3 Å². The number of carbonyl (C=O) groups is 2. The quantitative estimate of drug-likeness (QED) is 0.382. The maximum atomic E-state index is 13.1. The maximum absolute atomic E-state index is 13.1. The van der Waals surface area contributed by atoms with E-state index in [1.54, 1.807) is 44.4 Å². The molecule has 0 bridgehead atoms. The van der Waals surface area contributed by atoms with Gasteiger partial charge in [-0.3, -0.25) is 9.59 Å². The van der Waals surface area contributed by atoms with Crippen molar-refractivity contribution in [2.45, 2.75) is 18.9 Å². The van der Waals surface area contributed by atoms with Crippen molar-refractivity contribution in [3.8, 4) is 11.1 Å². The van der Waals surface area contributed by atoms with Gasteiger partial charge in [-0.1, -0.05) is 30.3 Å². The third kappa shape index (κ3) is 8.19. The van der Waals surface area contributed by atoms with Crippen molar-refractivity contribution in [1.29, 1.82) is 0 Å². The molecule has 0 radical (unpaired) electrons. The first-order chi connectivity index (χ1) is 17.1. The van der Waals surface area contributed by atoms with E-state index in [0.717, 1.165) is 11.3 Å². The SMILES string of the molecule is CN(C)C=O.CN(Cc1cc(C(F)(F)F)cc(C(F)(F)F)c1)C(=O)c1nc(N)ncc1-c1ccccc1. The first kappa shape index (κ1) is 29.1. The molecule has 0 unspecified atom stereocenters. The molecule has 0 atom stereocenters. The van der Waals surface area contributed by atoms with Gasteiger partial charge in [0.1, 0.15) is 5.69 Å². The Kier molecular flexibility index (Phi) is 9.21. The van der Waals surface area contributed by atoms with E-state index >= 15 is 0 Å². The fourth-order valence-corrected chi connectivity index (χ4v) is 3.02. The Labute approximate surface area is 208 Å². The fraction of sp³-hybridized carbons (Fsp3) is 0.250. The number of nitrogens with two attached hydrogens (primary N) is 1. The third-order valence-corrected chi connectivity index (χ3v) is 4.72. The standard InChI is InChI=1S/C21H16F6N4O.C3H7NO/c1-31(11-12-7-14(20(22,23)24)9-15(8-12)21(25,26)27)18(32)17-16(10-29-19(28)30-17)13-5-3-2-4-6-13;1-4(2)3-5/h2-10H,11H2,1H3,(H2,28,29,30);3H,1-2H3. The van der Waals surface area contributed by atoms with Gasteiger partial charge in [-0.05, 0) is 29.3 Å². The molecule has 2 amide bonds. The van der Waals surface area contributed by atoms with E-state index in [9.17, 15) is 35.9 Å². The lowest BCUT2D eigenvalue weighted by molar-refractivity contribution is -0.143.